The van der Waals surface area contributed by atoms with Crippen LogP contribution in [0.2, 0.25) is 0 Å². The monoisotopic (exact) mass is 269 g/mol. The molecule has 1 aromatic rings. The predicted molar refractivity (Wildman–Crippen MR) is 70.9 cm³/mol. The number of ether oxygens (including phenoxy) is 1. The SMILES string of the molecule is COc1ccc(C2CCNCC2)cc1S(C)(=O)=O. The van der Waals surface area contributed by atoms with Gasteiger partial charge in [-0.3, -0.25) is 0 Å². The number of hydrogen-bond acceptors (Lipinski definition) is 4. The molecule has 0 saturated carbocycles. The van der Waals surface area contributed by atoms with Crippen molar-refractivity contribution in [1.82, 2.24) is 5.32 Å². The summed E-state index contributed by atoms with van der Waals surface area (Å²) in [5, 5.41) is 3.31. The Bertz CT molecular complexity index is 519. The highest BCUT2D eigenvalue weighted by molar-refractivity contribution is 7.90. The number of methoxy groups -OCH3 is 1. The van der Waals surface area contributed by atoms with Gasteiger partial charge in [-0.2, -0.15) is 0 Å². The van der Waals surface area contributed by atoms with Gasteiger partial charge in [0.2, 0.25) is 0 Å². The Morgan fingerprint density at radius 1 is 1.28 bits per heavy atom. The molecule has 4 nitrogen and oxygen atoms in total. The maximum atomic E-state index is 11.8. The van der Waals surface area contributed by atoms with Crippen LogP contribution in [0.5, 0.6) is 5.75 Å². The molecule has 0 aliphatic carbocycles. The van der Waals surface area contributed by atoms with Crippen molar-refractivity contribution in [2.24, 2.45) is 0 Å². The number of nitrogens with one attached hydrogen (secondary N) is 1. The summed E-state index contributed by atoms with van der Waals surface area (Å²) in [5.74, 6) is 0.868. The average molecular weight is 269 g/mol. The number of piperidine rings is 1. The molecular formula is C13H19NO3S. The normalized spacial score (nSPS) is 17.7. The fraction of sp³-hybridized carbons (Fsp3) is 0.538. The zero-order valence-electron chi connectivity index (χ0n) is 10.8. The van der Waals surface area contributed by atoms with Crippen LogP contribution in [0, 0.1) is 0 Å². The van der Waals surface area contributed by atoms with Gasteiger partial charge < -0.3 is 10.1 Å². The van der Waals surface area contributed by atoms with E-state index in [1.807, 2.05) is 6.07 Å². The van der Waals surface area contributed by atoms with Gasteiger partial charge in [0, 0.05) is 6.26 Å². The molecule has 5 heteroatoms. The van der Waals surface area contributed by atoms with Gasteiger partial charge in [-0.1, -0.05) is 6.07 Å². The van der Waals surface area contributed by atoms with Crippen LogP contribution in [-0.4, -0.2) is 34.9 Å². The van der Waals surface area contributed by atoms with Gasteiger partial charge in [0.1, 0.15) is 10.6 Å². The minimum atomic E-state index is -3.25. The Morgan fingerprint density at radius 3 is 2.50 bits per heavy atom. The molecule has 0 unspecified atom stereocenters. The molecule has 1 aromatic carbocycles. The van der Waals surface area contributed by atoms with E-state index in [1.54, 1.807) is 12.1 Å². The Labute approximate surface area is 108 Å². The standard InChI is InChI=1S/C13H19NO3S/c1-17-12-4-3-11(9-13(12)18(2,15)16)10-5-7-14-8-6-10/h3-4,9-10,14H,5-8H2,1-2H3. The molecule has 1 N–H and O–H groups in total. The van der Waals surface area contributed by atoms with Crippen LogP contribution >= 0.6 is 0 Å². The topological polar surface area (TPSA) is 55.4 Å². The van der Waals surface area contributed by atoms with Crippen LogP contribution in [-0.2, 0) is 9.84 Å². The van der Waals surface area contributed by atoms with Gasteiger partial charge >= 0.3 is 0 Å². The fourth-order valence-electron chi connectivity index (χ4n) is 2.39. The zero-order valence-corrected chi connectivity index (χ0v) is 11.6. The largest absolute Gasteiger partial charge is 0.495 e. The van der Waals surface area contributed by atoms with E-state index in [1.165, 1.54) is 13.4 Å². The van der Waals surface area contributed by atoms with Crippen molar-refractivity contribution in [2.45, 2.75) is 23.7 Å². The molecule has 100 valence electrons. The minimum Gasteiger partial charge on any atom is -0.495 e. The van der Waals surface area contributed by atoms with Crippen molar-refractivity contribution in [3.63, 3.8) is 0 Å². The summed E-state index contributed by atoms with van der Waals surface area (Å²) in [6.45, 7) is 1.98. The number of rotatable bonds is 3. The fourth-order valence-corrected chi connectivity index (χ4v) is 3.26. The summed E-state index contributed by atoms with van der Waals surface area (Å²) in [4.78, 5) is 0.293. The summed E-state index contributed by atoms with van der Waals surface area (Å²) in [6.07, 6.45) is 3.32. The maximum absolute atomic E-state index is 11.8. The van der Waals surface area contributed by atoms with E-state index in [-0.39, 0.29) is 0 Å². The number of benzene rings is 1. The lowest BCUT2D eigenvalue weighted by Gasteiger charge is -2.23. The third-order valence-electron chi connectivity index (χ3n) is 3.40. The highest BCUT2D eigenvalue weighted by atomic mass is 32.2. The van der Waals surface area contributed by atoms with Crippen LogP contribution in [0.25, 0.3) is 0 Å². The Hall–Kier alpha value is -1.07. The van der Waals surface area contributed by atoms with E-state index >= 15 is 0 Å². The predicted octanol–water partition coefficient (Wildman–Crippen LogP) is 1.57. The quantitative estimate of drug-likeness (QED) is 0.905. The molecule has 0 radical (unpaired) electrons. The van der Waals surface area contributed by atoms with Gasteiger partial charge in [0.15, 0.2) is 9.84 Å². The van der Waals surface area contributed by atoms with Crippen molar-refractivity contribution in [1.29, 1.82) is 0 Å². The molecule has 1 fully saturated rings. The van der Waals surface area contributed by atoms with Gasteiger partial charge in [0.25, 0.3) is 0 Å². The van der Waals surface area contributed by atoms with Crippen LogP contribution in [0.3, 0.4) is 0 Å². The lowest BCUT2D eigenvalue weighted by molar-refractivity contribution is 0.401. The van der Waals surface area contributed by atoms with Gasteiger partial charge in [0.05, 0.1) is 7.11 Å². The average Bonchev–Trinajstić information content (AvgIpc) is 2.38. The molecule has 1 saturated heterocycles. The third-order valence-corrected chi connectivity index (χ3v) is 4.52. The number of hydrogen-bond donors (Lipinski definition) is 1. The molecular weight excluding hydrogens is 250 g/mol. The zero-order chi connectivity index (χ0) is 13.2. The summed E-state index contributed by atoms with van der Waals surface area (Å²) in [7, 11) is -1.75. The number of sulfone groups is 1. The first-order valence-electron chi connectivity index (χ1n) is 6.11. The van der Waals surface area contributed by atoms with Crippen molar-refractivity contribution >= 4 is 9.84 Å². The smallest absolute Gasteiger partial charge is 0.179 e. The first-order chi connectivity index (χ1) is 8.52. The molecule has 18 heavy (non-hydrogen) atoms. The molecule has 1 aliphatic rings. The van der Waals surface area contributed by atoms with Crippen molar-refractivity contribution in [3.8, 4) is 5.75 Å². The second kappa shape index (κ2) is 5.28. The maximum Gasteiger partial charge on any atom is 0.179 e. The summed E-state index contributed by atoms with van der Waals surface area (Å²) in [5.41, 5.74) is 1.10. The third kappa shape index (κ3) is 2.84. The molecule has 0 aromatic heterocycles. The van der Waals surface area contributed by atoms with Crippen molar-refractivity contribution < 1.29 is 13.2 Å². The van der Waals surface area contributed by atoms with Gasteiger partial charge in [-0.25, -0.2) is 8.42 Å². The summed E-state index contributed by atoms with van der Waals surface area (Å²) < 4.78 is 28.6. The lowest BCUT2D eigenvalue weighted by Crippen LogP contribution is -2.26. The Kier molecular flexibility index (Phi) is 3.92. The van der Waals surface area contributed by atoms with Crippen LogP contribution in [0.15, 0.2) is 23.1 Å². The molecule has 2 rings (SSSR count). The second-order valence-electron chi connectivity index (χ2n) is 4.71. The molecule has 0 amide bonds. The summed E-state index contributed by atoms with van der Waals surface area (Å²) >= 11 is 0. The van der Waals surface area contributed by atoms with Gasteiger partial charge in [-0.05, 0) is 49.5 Å². The Balaban J connectivity index is 2.39. The molecule has 0 bridgehead atoms. The highest BCUT2D eigenvalue weighted by Crippen LogP contribution is 2.31. The van der Waals surface area contributed by atoms with E-state index in [2.05, 4.69) is 5.32 Å². The molecule has 1 aliphatic heterocycles. The van der Waals surface area contributed by atoms with Crippen LogP contribution in [0.4, 0.5) is 0 Å². The first-order valence-corrected chi connectivity index (χ1v) is 8.00. The molecule has 0 atom stereocenters. The van der Waals surface area contributed by atoms with Gasteiger partial charge in [-0.15, -0.1) is 0 Å². The molecule has 1 heterocycles. The van der Waals surface area contributed by atoms with E-state index in [0.717, 1.165) is 31.5 Å². The van der Waals surface area contributed by atoms with Crippen molar-refractivity contribution in [2.75, 3.05) is 26.5 Å². The van der Waals surface area contributed by atoms with E-state index in [9.17, 15) is 8.42 Å². The highest BCUT2D eigenvalue weighted by Gasteiger charge is 2.20. The Morgan fingerprint density at radius 2 is 1.94 bits per heavy atom. The van der Waals surface area contributed by atoms with E-state index in [0.29, 0.717) is 16.6 Å². The van der Waals surface area contributed by atoms with E-state index in [4.69, 9.17) is 4.74 Å². The second-order valence-corrected chi connectivity index (χ2v) is 6.69. The van der Waals surface area contributed by atoms with Crippen LogP contribution in [0.1, 0.15) is 24.3 Å². The first kappa shape index (κ1) is 13.4. The van der Waals surface area contributed by atoms with E-state index < -0.39 is 9.84 Å². The molecule has 0 spiro atoms. The summed E-state index contributed by atoms with van der Waals surface area (Å²) in [6, 6.07) is 5.50. The van der Waals surface area contributed by atoms with Crippen molar-refractivity contribution in [3.05, 3.63) is 23.8 Å². The lowest BCUT2D eigenvalue weighted by atomic mass is 9.90. The minimum absolute atomic E-state index is 0.293. The van der Waals surface area contributed by atoms with Crippen LogP contribution < -0.4 is 10.1 Å².